The monoisotopic (exact) mass is 393 g/mol. The average Bonchev–Trinajstić information content (AvgIpc) is 3.18. The minimum Gasteiger partial charge on any atom is -0.478 e. The first-order valence-electron chi connectivity index (χ1n) is 8.22. The van der Waals surface area contributed by atoms with Gasteiger partial charge in [-0.2, -0.15) is 18.3 Å². The van der Waals surface area contributed by atoms with Crippen LogP contribution in [0.25, 0.3) is 11.3 Å². The SMILES string of the molecule is O=C(O)c1cnn(Cc2nc(-c3cc(C4CC4)cc(C(F)(F)F)c3)cs2)c1. The predicted molar refractivity (Wildman–Crippen MR) is 92.8 cm³/mol. The van der Waals surface area contributed by atoms with Crippen LogP contribution in [0, 0.1) is 0 Å². The number of aromatic nitrogens is 3. The summed E-state index contributed by atoms with van der Waals surface area (Å²) in [6, 6.07) is 4.13. The molecule has 1 aliphatic carbocycles. The fourth-order valence-corrected chi connectivity index (χ4v) is 3.63. The number of carboxylic acids is 1. The predicted octanol–water partition coefficient (Wildman–Crippen LogP) is 4.65. The molecule has 4 rings (SSSR count). The Morgan fingerprint density at radius 3 is 2.70 bits per heavy atom. The van der Waals surface area contributed by atoms with Crippen molar-refractivity contribution in [3.8, 4) is 11.3 Å². The number of hydrogen-bond donors (Lipinski definition) is 1. The van der Waals surface area contributed by atoms with Gasteiger partial charge in [-0.1, -0.05) is 0 Å². The van der Waals surface area contributed by atoms with E-state index in [9.17, 15) is 18.0 Å². The first kappa shape index (κ1) is 17.7. The topological polar surface area (TPSA) is 68.0 Å². The summed E-state index contributed by atoms with van der Waals surface area (Å²) >= 11 is 1.30. The number of halogens is 3. The van der Waals surface area contributed by atoms with Gasteiger partial charge in [0.05, 0.1) is 29.6 Å². The van der Waals surface area contributed by atoms with Crippen LogP contribution in [0.5, 0.6) is 0 Å². The quantitative estimate of drug-likeness (QED) is 0.685. The third kappa shape index (κ3) is 3.87. The highest BCUT2D eigenvalue weighted by Gasteiger charge is 2.33. The van der Waals surface area contributed by atoms with Gasteiger partial charge in [0.25, 0.3) is 0 Å². The number of carboxylic acid groups (broad SMARTS) is 1. The molecule has 0 atom stereocenters. The molecule has 0 spiro atoms. The first-order chi connectivity index (χ1) is 12.8. The van der Waals surface area contributed by atoms with Crippen molar-refractivity contribution in [2.45, 2.75) is 31.5 Å². The highest BCUT2D eigenvalue weighted by atomic mass is 32.1. The second-order valence-electron chi connectivity index (χ2n) is 6.47. The molecule has 0 bridgehead atoms. The lowest BCUT2D eigenvalue weighted by atomic mass is 10.0. The number of hydrogen-bond acceptors (Lipinski definition) is 4. The molecule has 2 heterocycles. The molecular formula is C18H14F3N3O2S. The van der Waals surface area contributed by atoms with Crippen LogP contribution in [0.15, 0.2) is 36.0 Å². The number of nitrogens with zero attached hydrogens (tertiary/aromatic N) is 3. The van der Waals surface area contributed by atoms with E-state index >= 15 is 0 Å². The second kappa shape index (κ2) is 6.49. The van der Waals surface area contributed by atoms with Crippen molar-refractivity contribution in [1.82, 2.24) is 14.8 Å². The molecule has 140 valence electrons. The summed E-state index contributed by atoms with van der Waals surface area (Å²) in [4.78, 5) is 15.3. The molecule has 0 aliphatic heterocycles. The lowest BCUT2D eigenvalue weighted by Gasteiger charge is -2.11. The van der Waals surface area contributed by atoms with Gasteiger partial charge in [0.2, 0.25) is 0 Å². The third-order valence-corrected chi connectivity index (χ3v) is 5.19. The minimum absolute atomic E-state index is 0.0683. The van der Waals surface area contributed by atoms with Crippen molar-refractivity contribution < 1.29 is 23.1 Å². The van der Waals surface area contributed by atoms with Gasteiger partial charge in [0.15, 0.2) is 0 Å². The van der Waals surface area contributed by atoms with Gasteiger partial charge in [-0.15, -0.1) is 11.3 Å². The Morgan fingerprint density at radius 1 is 1.30 bits per heavy atom. The van der Waals surface area contributed by atoms with Crippen LogP contribution in [0.4, 0.5) is 13.2 Å². The molecule has 1 aromatic carbocycles. The van der Waals surface area contributed by atoms with Crippen molar-refractivity contribution in [2.75, 3.05) is 0 Å². The molecule has 3 aromatic rings. The maximum Gasteiger partial charge on any atom is 0.416 e. The molecule has 1 N–H and O–H groups in total. The number of carbonyl (C=O) groups is 1. The molecule has 0 radical (unpaired) electrons. The summed E-state index contributed by atoms with van der Waals surface area (Å²) in [5.41, 5.74) is 1.04. The molecular weight excluding hydrogens is 379 g/mol. The van der Waals surface area contributed by atoms with Crippen LogP contribution >= 0.6 is 11.3 Å². The maximum atomic E-state index is 13.2. The molecule has 2 aromatic heterocycles. The van der Waals surface area contributed by atoms with E-state index in [1.165, 1.54) is 34.5 Å². The molecule has 0 unspecified atom stereocenters. The van der Waals surface area contributed by atoms with E-state index in [1.807, 2.05) is 0 Å². The second-order valence-corrected chi connectivity index (χ2v) is 7.42. The van der Waals surface area contributed by atoms with Gasteiger partial charge < -0.3 is 5.11 Å². The van der Waals surface area contributed by atoms with Gasteiger partial charge in [0.1, 0.15) is 5.01 Å². The third-order valence-electron chi connectivity index (χ3n) is 4.36. The zero-order valence-corrected chi connectivity index (χ0v) is 14.7. The first-order valence-corrected chi connectivity index (χ1v) is 9.10. The number of thiazole rings is 1. The standard InChI is InChI=1S/C18H14F3N3O2S/c19-18(20,21)14-4-11(10-1-2-10)3-12(5-14)15-9-27-16(23-15)8-24-7-13(6-22-24)17(25)26/h3-7,9-10H,1-2,8H2,(H,25,26). The van der Waals surface area contributed by atoms with Crippen LogP contribution in [0.3, 0.4) is 0 Å². The number of aromatic carboxylic acids is 1. The van der Waals surface area contributed by atoms with Gasteiger partial charge in [-0.3, -0.25) is 4.68 Å². The lowest BCUT2D eigenvalue weighted by Crippen LogP contribution is -2.06. The van der Waals surface area contributed by atoms with Gasteiger partial charge in [-0.25, -0.2) is 9.78 Å². The lowest BCUT2D eigenvalue weighted by molar-refractivity contribution is -0.137. The number of benzene rings is 1. The van der Waals surface area contributed by atoms with Gasteiger partial charge in [0, 0.05) is 17.1 Å². The van der Waals surface area contributed by atoms with E-state index in [0.29, 0.717) is 21.8 Å². The summed E-state index contributed by atoms with van der Waals surface area (Å²) < 4.78 is 41.1. The Bertz CT molecular complexity index is 1010. The number of rotatable bonds is 5. The van der Waals surface area contributed by atoms with E-state index < -0.39 is 17.7 Å². The summed E-state index contributed by atoms with van der Waals surface area (Å²) in [7, 11) is 0. The van der Waals surface area contributed by atoms with E-state index in [-0.39, 0.29) is 18.0 Å². The van der Waals surface area contributed by atoms with Crippen LogP contribution < -0.4 is 0 Å². The largest absolute Gasteiger partial charge is 0.478 e. The van der Waals surface area contributed by atoms with Crippen LogP contribution in [-0.2, 0) is 12.7 Å². The Kier molecular flexibility index (Phi) is 4.26. The fourth-order valence-electron chi connectivity index (χ4n) is 2.83. The van der Waals surface area contributed by atoms with Crippen LogP contribution in [0.2, 0.25) is 0 Å². The molecule has 27 heavy (non-hydrogen) atoms. The molecule has 1 saturated carbocycles. The summed E-state index contributed by atoms with van der Waals surface area (Å²) in [6.07, 6.45) is 0.0494. The minimum atomic E-state index is -4.40. The average molecular weight is 393 g/mol. The molecule has 1 aliphatic rings. The number of alkyl halides is 3. The van der Waals surface area contributed by atoms with E-state index in [2.05, 4.69) is 10.1 Å². The van der Waals surface area contributed by atoms with Crippen molar-refractivity contribution in [2.24, 2.45) is 0 Å². The van der Waals surface area contributed by atoms with E-state index in [1.54, 1.807) is 11.4 Å². The van der Waals surface area contributed by atoms with Crippen molar-refractivity contribution in [3.05, 3.63) is 57.7 Å². The summed E-state index contributed by atoms with van der Waals surface area (Å²) in [5, 5.41) is 15.2. The van der Waals surface area contributed by atoms with Gasteiger partial charge in [-0.05, 0) is 42.5 Å². The zero-order chi connectivity index (χ0) is 19.2. The highest BCUT2D eigenvalue weighted by Crippen LogP contribution is 2.43. The highest BCUT2D eigenvalue weighted by molar-refractivity contribution is 7.09. The Morgan fingerprint density at radius 2 is 2.07 bits per heavy atom. The van der Waals surface area contributed by atoms with E-state index in [4.69, 9.17) is 5.11 Å². The summed E-state index contributed by atoms with van der Waals surface area (Å²) in [6.45, 7) is 0.256. The van der Waals surface area contributed by atoms with E-state index in [0.717, 1.165) is 18.9 Å². The Balaban J connectivity index is 1.62. The molecule has 0 saturated heterocycles. The Hall–Kier alpha value is -2.68. The van der Waals surface area contributed by atoms with Crippen LogP contribution in [-0.4, -0.2) is 25.8 Å². The molecule has 1 fully saturated rings. The Labute approximate surface area is 156 Å². The molecule has 0 amide bonds. The van der Waals surface area contributed by atoms with Crippen molar-refractivity contribution >= 4 is 17.3 Å². The normalized spacial score (nSPS) is 14.5. The van der Waals surface area contributed by atoms with Crippen molar-refractivity contribution in [3.63, 3.8) is 0 Å². The fraction of sp³-hybridized carbons (Fsp3) is 0.278. The van der Waals surface area contributed by atoms with Crippen molar-refractivity contribution in [1.29, 1.82) is 0 Å². The van der Waals surface area contributed by atoms with Crippen LogP contribution in [0.1, 0.15) is 45.3 Å². The smallest absolute Gasteiger partial charge is 0.416 e. The van der Waals surface area contributed by atoms with Gasteiger partial charge >= 0.3 is 12.1 Å². The zero-order valence-electron chi connectivity index (χ0n) is 13.9. The summed E-state index contributed by atoms with van der Waals surface area (Å²) in [5.74, 6) is -0.875. The molecule has 9 heteroatoms. The molecule has 5 nitrogen and oxygen atoms in total. The maximum absolute atomic E-state index is 13.2.